The summed E-state index contributed by atoms with van der Waals surface area (Å²) in [6, 6.07) is 8.00. The molecule has 16 heavy (non-hydrogen) atoms. The Morgan fingerprint density at radius 3 is 1.38 bits per heavy atom. The minimum Gasteiger partial charge on any atom is -0.332 e. The van der Waals surface area contributed by atoms with Crippen molar-refractivity contribution in [3.05, 3.63) is 35.7 Å². The average Bonchev–Trinajstić information content (AvgIpc) is 2.74. The lowest BCUT2D eigenvalue weighted by molar-refractivity contribution is 0.847. The molecule has 2 aromatic rings. The molecule has 0 radical (unpaired) electrons. The van der Waals surface area contributed by atoms with Crippen molar-refractivity contribution < 1.29 is 0 Å². The van der Waals surface area contributed by atoms with E-state index in [0.29, 0.717) is 0 Å². The Morgan fingerprint density at radius 1 is 0.750 bits per heavy atom. The van der Waals surface area contributed by atoms with Gasteiger partial charge in [0.05, 0.1) is 0 Å². The lowest BCUT2D eigenvalue weighted by Crippen LogP contribution is -1.89. The third-order valence-corrected chi connectivity index (χ3v) is 2.95. The smallest absolute Gasteiger partial charge is 0.155 e. The Balaban J connectivity index is 2.28. The van der Waals surface area contributed by atoms with Crippen LogP contribution in [0.3, 0.4) is 0 Å². The molecule has 4 nitrogen and oxygen atoms in total. The van der Waals surface area contributed by atoms with Gasteiger partial charge in [-0.05, 0) is 38.1 Å². The molecule has 84 valence electrons. The standard InChI is InChI=1S/C12H16N4/c1-9-5-7-11(15(9)3)13-14-12-8-6-10(2)16(12)4/h5-8H,1-4H3. The summed E-state index contributed by atoms with van der Waals surface area (Å²) in [5, 5.41) is 8.48. The molecule has 4 heteroatoms. The summed E-state index contributed by atoms with van der Waals surface area (Å²) in [7, 11) is 3.97. The summed E-state index contributed by atoms with van der Waals surface area (Å²) in [5.41, 5.74) is 2.36. The number of aryl methyl sites for hydroxylation is 2. The van der Waals surface area contributed by atoms with Gasteiger partial charge in [0.1, 0.15) is 0 Å². The van der Waals surface area contributed by atoms with Crippen LogP contribution in [0, 0.1) is 13.8 Å². The molecule has 0 atom stereocenters. The lowest BCUT2D eigenvalue weighted by Gasteiger charge is -1.99. The molecule has 0 aliphatic heterocycles. The number of rotatable bonds is 2. The lowest BCUT2D eigenvalue weighted by atomic mass is 10.5. The number of hydrogen-bond donors (Lipinski definition) is 0. The van der Waals surface area contributed by atoms with Crippen LogP contribution in [-0.2, 0) is 14.1 Å². The second-order valence-electron chi connectivity index (χ2n) is 3.98. The molecule has 0 unspecified atom stereocenters. The summed E-state index contributed by atoms with van der Waals surface area (Å²) >= 11 is 0. The molecule has 0 aromatic carbocycles. The molecular formula is C12H16N4. The predicted molar refractivity (Wildman–Crippen MR) is 64.5 cm³/mol. The van der Waals surface area contributed by atoms with Gasteiger partial charge in [-0.3, -0.25) is 0 Å². The van der Waals surface area contributed by atoms with Crippen LogP contribution in [-0.4, -0.2) is 9.13 Å². The van der Waals surface area contributed by atoms with Crippen LogP contribution >= 0.6 is 0 Å². The van der Waals surface area contributed by atoms with E-state index in [-0.39, 0.29) is 0 Å². The van der Waals surface area contributed by atoms with Crippen molar-refractivity contribution in [2.75, 3.05) is 0 Å². The normalized spacial score (nSPS) is 11.5. The van der Waals surface area contributed by atoms with E-state index in [1.165, 1.54) is 11.4 Å². The molecule has 2 rings (SSSR count). The van der Waals surface area contributed by atoms with Gasteiger partial charge in [0, 0.05) is 25.5 Å². The fourth-order valence-electron chi connectivity index (χ4n) is 1.50. The van der Waals surface area contributed by atoms with E-state index in [9.17, 15) is 0 Å². The van der Waals surface area contributed by atoms with Gasteiger partial charge in [-0.25, -0.2) is 0 Å². The van der Waals surface area contributed by atoms with Crippen LogP contribution in [0.15, 0.2) is 34.5 Å². The Hall–Kier alpha value is -1.84. The van der Waals surface area contributed by atoms with Gasteiger partial charge < -0.3 is 9.13 Å². The zero-order valence-corrected chi connectivity index (χ0v) is 10.1. The first-order chi connectivity index (χ1) is 7.59. The highest BCUT2D eigenvalue weighted by molar-refractivity contribution is 5.36. The van der Waals surface area contributed by atoms with Crippen LogP contribution in [0.25, 0.3) is 0 Å². The Morgan fingerprint density at radius 2 is 1.12 bits per heavy atom. The first kappa shape index (κ1) is 10.7. The molecule has 2 heterocycles. The minimum atomic E-state index is 0.872. The van der Waals surface area contributed by atoms with E-state index < -0.39 is 0 Å². The number of hydrogen-bond acceptors (Lipinski definition) is 2. The first-order valence-corrected chi connectivity index (χ1v) is 5.26. The maximum atomic E-state index is 4.24. The molecule has 0 spiro atoms. The number of azo groups is 1. The Kier molecular flexibility index (Phi) is 2.64. The van der Waals surface area contributed by atoms with Gasteiger partial charge in [0.2, 0.25) is 0 Å². The van der Waals surface area contributed by atoms with Gasteiger partial charge >= 0.3 is 0 Å². The highest BCUT2D eigenvalue weighted by Gasteiger charge is 2.01. The van der Waals surface area contributed by atoms with Gasteiger partial charge in [-0.2, -0.15) is 0 Å². The summed E-state index contributed by atoms with van der Waals surface area (Å²) in [6.45, 7) is 4.09. The van der Waals surface area contributed by atoms with Crippen molar-refractivity contribution in [2.24, 2.45) is 24.3 Å². The topological polar surface area (TPSA) is 34.6 Å². The van der Waals surface area contributed by atoms with Crippen molar-refractivity contribution in [3.63, 3.8) is 0 Å². The van der Waals surface area contributed by atoms with Crippen molar-refractivity contribution in [1.82, 2.24) is 9.13 Å². The van der Waals surface area contributed by atoms with Crippen LogP contribution in [0.2, 0.25) is 0 Å². The van der Waals surface area contributed by atoms with E-state index >= 15 is 0 Å². The molecule has 0 N–H and O–H groups in total. The fourth-order valence-corrected chi connectivity index (χ4v) is 1.50. The van der Waals surface area contributed by atoms with E-state index in [1.807, 2.05) is 61.3 Å². The summed E-state index contributed by atoms with van der Waals surface area (Å²) in [5.74, 6) is 1.74. The van der Waals surface area contributed by atoms with Gasteiger partial charge in [-0.15, -0.1) is 10.2 Å². The largest absolute Gasteiger partial charge is 0.332 e. The van der Waals surface area contributed by atoms with Crippen molar-refractivity contribution >= 4 is 11.6 Å². The van der Waals surface area contributed by atoms with Crippen LogP contribution in [0.5, 0.6) is 0 Å². The Bertz CT molecular complexity index is 483. The molecule has 0 bridgehead atoms. The molecule has 0 fully saturated rings. The van der Waals surface area contributed by atoms with Gasteiger partial charge in [-0.1, -0.05) is 0 Å². The summed E-state index contributed by atoms with van der Waals surface area (Å²) in [4.78, 5) is 0. The summed E-state index contributed by atoms with van der Waals surface area (Å²) < 4.78 is 4.03. The molecule has 0 saturated heterocycles. The monoisotopic (exact) mass is 216 g/mol. The van der Waals surface area contributed by atoms with Crippen molar-refractivity contribution in [3.8, 4) is 0 Å². The van der Waals surface area contributed by atoms with Gasteiger partial charge in [0.15, 0.2) is 11.6 Å². The maximum absolute atomic E-state index is 4.24. The molecule has 2 aromatic heterocycles. The highest BCUT2D eigenvalue weighted by Crippen LogP contribution is 2.21. The average molecular weight is 216 g/mol. The number of nitrogens with zero attached hydrogens (tertiary/aromatic N) is 4. The second-order valence-corrected chi connectivity index (χ2v) is 3.98. The highest BCUT2D eigenvalue weighted by atomic mass is 15.2. The van der Waals surface area contributed by atoms with E-state index in [2.05, 4.69) is 10.2 Å². The van der Waals surface area contributed by atoms with E-state index in [1.54, 1.807) is 0 Å². The van der Waals surface area contributed by atoms with E-state index in [4.69, 9.17) is 0 Å². The van der Waals surface area contributed by atoms with Crippen LogP contribution < -0.4 is 0 Å². The second kappa shape index (κ2) is 3.96. The zero-order valence-electron chi connectivity index (χ0n) is 10.1. The molecule has 0 saturated carbocycles. The third kappa shape index (κ3) is 1.78. The zero-order chi connectivity index (χ0) is 11.7. The number of aromatic nitrogens is 2. The Labute approximate surface area is 95.2 Å². The van der Waals surface area contributed by atoms with Gasteiger partial charge in [0.25, 0.3) is 0 Å². The fraction of sp³-hybridized carbons (Fsp3) is 0.333. The third-order valence-electron chi connectivity index (χ3n) is 2.95. The molecule has 0 amide bonds. The maximum Gasteiger partial charge on any atom is 0.155 e. The van der Waals surface area contributed by atoms with Crippen molar-refractivity contribution in [2.45, 2.75) is 13.8 Å². The predicted octanol–water partition coefficient (Wildman–Crippen LogP) is 3.40. The molecule has 0 aliphatic carbocycles. The minimum absolute atomic E-state index is 0.872. The van der Waals surface area contributed by atoms with Crippen LogP contribution in [0.1, 0.15) is 11.4 Å². The molecular weight excluding hydrogens is 200 g/mol. The summed E-state index contributed by atoms with van der Waals surface area (Å²) in [6.07, 6.45) is 0. The van der Waals surface area contributed by atoms with Crippen molar-refractivity contribution in [1.29, 1.82) is 0 Å². The quantitative estimate of drug-likeness (QED) is 0.690. The van der Waals surface area contributed by atoms with E-state index in [0.717, 1.165) is 11.6 Å². The SMILES string of the molecule is Cc1ccc(N=Nc2ccc(C)n2C)n1C. The van der Waals surface area contributed by atoms with Crippen LogP contribution in [0.4, 0.5) is 11.6 Å². The first-order valence-electron chi connectivity index (χ1n) is 5.26. The molecule has 0 aliphatic rings.